The summed E-state index contributed by atoms with van der Waals surface area (Å²) in [7, 11) is 0. The second-order valence-corrected chi connectivity index (χ2v) is 5.92. The zero-order chi connectivity index (χ0) is 12.3. The third kappa shape index (κ3) is 3.18. The van der Waals surface area contributed by atoms with Crippen LogP contribution in [0.2, 0.25) is 0 Å². The molecular weight excluding hydrogens is 268 g/mol. The molecule has 0 aliphatic heterocycles. The first-order chi connectivity index (χ1) is 8.20. The van der Waals surface area contributed by atoms with Gasteiger partial charge in [0.25, 0.3) is 0 Å². The van der Waals surface area contributed by atoms with Crippen LogP contribution in [-0.2, 0) is 6.42 Å². The lowest BCUT2D eigenvalue weighted by atomic mass is 10.3. The van der Waals surface area contributed by atoms with Gasteiger partial charge in [-0.25, -0.2) is 4.98 Å². The predicted octanol–water partition coefficient (Wildman–Crippen LogP) is 3.38. The van der Waals surface area contributed by atoms with Gasteiger partial charge in [0.15, 0.2) is 0 Å². The molecule has 1 heterocycles. The number of rotatable bonds is 4. The molecule has 2 rings (SSSR count). The van der Waals surface area contributed by atoms with Gasteiger partial charge in [0.2, 0.25) is 0 Å². The number of benzene rings is 1. The Bertz CT molecular complexity index is 488. The molecule has 0 radical (unpaired) electrons. The van der Waals surface area contributed by atoms with Crippen molar-refractivity contribution in [3.63, 3.8) is 0 Å². The maximum atomic E-state index is 5.07. The van der Waals surface area contributed by atoms with Crippen LogP contribution in [0.5, 0.6) is 0 Å². The van der Waals surface area contributed by atoms with Gasteiger partial charge < -0.3 is 4.90 Å². The van der Waals surface area contributed by atoms with E-state index in [0.29, 0.717) is 4.32 Å². The van der Waals surface area contributed by atoms with Crippen LogP contribution in [0.1, 0.15) is 11.9 Å². The highest BCUT2D eigenvalue weighted by Gasteiger charge is 2.07. The van der Waals surface area contributed by atoms with Crippen LogP contribution in [0.15, 0.2) is 24.3 Å². The van der Waals surface area contributed by atoms with E-state index >= 15 is 0 Å². The molecular formula is C12H14N2S3. The predicted molar refractivity (Wildman–Crippen MR) is 82.2 cm³/mol. The van der Waals surface area contributed by atoms with Crippen molar-refractivity contribution in [3.8, 4) is 0 Å². The van der Waals surface area contributed by atoms with E-state index in [-0.39, 0.29) is 0 Å². The third-order valence-corrected chi connectivity index (χ3v) is 4.22. The summed E-state index contributed by atoms with van der Waals surface area (Å²) in [6.45, 7) is 3.87. The molecule has 0 N–H and O–H groups in total. The van der Waals surface area contributed by atoms with Gasteiger partial charge in [-0.3, -0.25) is 0 Å². The lowest BCUT2D eigenvalue weighted by molar-refractivity contribution is 0.460. The molecule has 0 bridgehead atoms. The lowest BCUT2D eigenvalue weighted by Crippen LogP contribution is -2.27. The molecule has 2 nitrogen and oxygen atoms in total. The smallest absolute Gasteiger partial charge is 0.133 e. The molecule has 0 saturated heterocycles. The number of nitrogens with zero attached hydrogens (tertiary/aromatic N) is 2. The minimum atomic E-state index is 0.661. The topological polar surface area (TPSA) is 16.1 Å². The lowest BCUT2D eigenvalue weighted by Gasteiger charge is -2.19. The molecule has 0 fully saturated rings. The summed E-state index contributed by atoms with van der Waals surface area (Å²) in [5.41, 5.74) is 1.09. The molecule has 90 valence electrons. The largest absolute Gasteiger partial charge is 0.358 e. The first-order valence-corrected chi connectivity index (χ1v) is 7.20. The van der Waals surface area contributed by atoms with Crippen molar-refractivity contribution in [2.24, 2.45) is 0 Å². The van der Waals surface area contributed by atoms with Crippen molar-refractivity contribution in [1.82, 2.24) is 9.88 Å². The van der Waals surface area contributed by atoms with Crippen LogP contribution in [0.25, 0.3) is 10.2 Å². The Balaban J connectivity index is 2.06. The Labute approximate surface area is 116 Å². The SMILES string of the molecule is CCN(CCc1nc2ccccc2s1)C(=S)S. The molecule has 0 atom stereocenters. The van der Waals surface area contributed by atoms with Gasteiger partial charge in [0.05, 0.1) is 15.2 Å². The van der Waals surface area contributed by atoms with E-state index in [0.717, 1.165) is 30.0 Å². The molecule has 5 heteroatoms. The fraction of sp³-hybridized carbons (Fsp3) is 0.333. The van der Waals surface area contributed by atoms with Gasteiger partial charge in [-0.1, -0.05) is 24.4 Å². The molecule has 1 aromatic carbocycles. The van der Waals surface area contributed by atoms with Crippen molar-refractivity contribution >= 4 is 50.7 Å². The van der Waals surface area contributed by atoms with Crippen LogP contribution in [-0.4, -0.2) is 27.3 Å². The Morgan fingerprint density at radius 3 is 2.88 bits per heavy atom. The zero-order valence-corrected chi connectivity index (χ0v) is 12.1. The van der Waals surface area contributed by atoms with Gasteiger partial charge in [0.1, 0.15) is 4.32 Å². The van der Waals surface area contributed by atoms with E-state index in [1.54, 1.807) is 11.3 Å². The summed E-state index contributed by atoms with van der Waals surface area (Å²) in [6.07, 6.45) is 0.924. The van der Waals surface area contributed by atoms with E-state index < -0.39 is 0 Å². The average Bonchev–Trinajstić information content (AvgIpc) is 2.71. The molecule has 0 saturated carbocycles. The Kier molecular flexibility index (Phi) is 4.36. The number of thiocarbonyl (C=S) groups is 1. The first kappa shape index (κ1) is 12.8. The second-order valence-electron chi connectivity index (χ2n) is 3.69. The molecule has 0 spiro atoms. The number of aromatic nitrogens is 1. The Morgan fingerprint density at radius 1 is 1.47 bits per heavy atom. The van der Waals surface area contributed by atoms with Crippen LogP contribution in [0.3, 0.4) is 0 Å². The van der Waals surface area contributed by atoms with Crippen molar-refractivity contribution in [2.45, 2.75) is 13.3 Å². The third-order valence-electron chi connectivity index (χ3n) is 2.59. The van der Waals surface area contributed by atoms with Crippen molar-refractivity contribution < 1.29 is 0 Å². The van der Waals surface area contributed by atoms with Gasteiger partial charge in [-0.2, -0.15) is 0 Å². The average molecular weight is 282 g/mol. The molecule has 2 aromatic rings. The van der Waals surface area contributed by atoms with Crippen molar-refractivity contribution in [3.05, 3.63) is 29.3 Å². The van der Waals surface area contributed by atoms with Gasteiger partial charge in [0, 0.05) is 19.5 Å². The summed E-state index contributed by atoms with van der Waals surface area (Å²) in [5, 5.41) is 1.16. The van der Waals surface area contributed by atoms with Crippen molar-refractivity contribution in [2.75, 3.05) is 13.1 Å². The molecule has 1 aromatic heterocycles. The minimum absolute atomic E-state index is 0.661. The van der Waals surface area contributed by atoms with Gasteiger partial charge in [-0.05, 0) is 19.1 Å². The second kappa shape index (κ2) is 5.80. The standard InChI is InChI=1S/C12H14N2S3/c1-2-14(12(15)16)8-7-11-13-9-5-3-4-6-10(9)17-11/h3-6H,2,7-8H2,1H3,(H,15,16). The zero-order valence-electron chi connectivity index (χ0n) is 9.59. The fourth-order valence-electron chi connectivity index (χ4n) is 1.65. The summed E-state index contributed by atoms with van der Waals surface area (Å²) < 4.78 is 1.91. The minimum Gasteiger partial charge on any atom is -0.358 e. The van der Waals surface area contributed by atoms with Crippen LogP contribution < -0.4 is 0 Å². The summed E-state index contributed by atoms with van der Waals surface area (Å²) in [6, 6.07) is 8.23. The summed E-state index contributed by atoms with van der Waals surface area (Å²) in [5.74, 6) is 0. The molecule has 0 unspecified atom stereocenters. The van der Waals surface area contributed by atoms with E-state index in [9.17, 15) is 0 Å². The van der Waals surface area contributed by atoms with Gasteiger partial charge in [-0.15, -0.1) is 24.0 Å². The van der Waals surface area contributed by atoms with Crippen LogP contribution in [0, 0.1) is 0 Å². The Hall–Kier alpha value is -0.650. The number of thiazole rings is 1. The maximum absolute atomic E-state index is 5.07. The number of hydrogen-bond acceptors (Lipinski definition) is 3. The summed E-state index contributed by atoms with van der Waals surface area (Å²) in [4.78, 5) is 6.68. The molecule has 0 aliphatic carbocycles. The highest BCUT2D eigenvalue weighted by molar-refractivity contribution is 8.10. The van der Waals surface area contributed by atoms with Crippen molar-refractivity contribution in [1.29, 1.82) is 0 Å². The number of para-hydroxylation sites is 1. The van der Waals surface area contributed by atoms with E-state index in [1.165, 1.54) is 4.70 Å². The summed E-state index contributed by atoms with van der Waals surface area (Å²) >= 11 is 11.0. The first-order valence-electron chi connectivity index (χ1n) is 5.53. The normalized spacial score (nSPS) is 10.7. The molecule has 0 amide bonds. The molecule has 17 heavy (non-hydrogen) atoms. The Morgan fingerprint density at radius 2 is 2.24 bits per heavy atom. The number of hydrogen-bond donors (Lipinski definition) is 1. The van der Waals surface area contributed by atoms with E-state index in [4.69, 9.17) is 12.2 Å². The highest BCUT2D eigenvalue weighted by Crippen LogP contribution is 2.21. The monoisotopic (exact) mass is 282 g/mol. The van der Waals surface area contributed by atoms with Crippen LogP contribution >= 0.6 is 36.2 Å². The molecule has 0 aliphatic rings. The van der Waals surface area contributed by atoms with Crippen LogP contribution in [0.4, 0.5) is 0 Å². The van der Waals surface area contributed by atoms with E-state index in [1.807, 2.05) is 12.1 Å². The van der Waals surface area contributed by atoms with E-state index in [2.05, 4.69) is 41.6 Å². The quantitative estimate of drug-likeness (QED) is 0.684. The van der Waals surface area contributed by atoms with Gasteiger partial charge >= 0.3 is 0 Å². The highest BCUT2D eigenvalue weighted by atomic mass is 32.1. The number of likely N-dealkylation sites (N-methyl/N-ethyl adjacent to an activating group) is 1. The fourth-order valence-corrected chi connectivity index (χ4v) is 3.06. The number of thiol groups is 1. The number of fused-ring (bicyclic) bond motifs is 1. The maximum Gasteiger partial charge on any atom is 0.133 e.